The summed E-state index contributed by atoms with van der Waals surface area (Å²) in [6.07, 6.45) is 12.8. The first-order valence-electron chi connectivity index (χ1n) is 9.62. The first-order chi connectivity index (χ1) is 11.8. The molecule has 4 heteroatoms. The van der Waals surface area contributed by atoms with Crippen molar-refractivity contribution >= 4 is 10.9 Å². The van der Waals surface area contributed by atoms with Gasteiger partial charge < -0.3 is 10.1 Å². The number of fused-ring (bicyclic) bond motifs is 1. The molecule has 2 atom stereocenters. The summed E-state index contributed by atoms with van der Waals surface area (Å²) in [5.74, 6) is 1.93. The third kappa shape index (κ3) is 3.44. The van der Waals surface area contributed by atoms with Crippen molar-refractivity contribution in [3.05, 3.63) is 23.9 Å². The molecule has 130 valence electrons. The topological polar surface area (TPSA) is 49.9 Å². The van der Waals surface area contributed by atoms with Gasteiger partial charge in [-0.05, 0) is 70.0 Å². The van der Waals surface area contributed by atoms with Gasteiger partial charge in [0.05, 0.1) is 11.7 Å². The molecule has 4 rings (SSSR count). The zero-order valence-electron chi connectivity index (χ0n) is 14.7. The molecule has 2 aliphatic rings. The van der Waals surface area contributed by atoms with Gasteiger partial charge in [0, 0.05) is 17.0 Å². The van der Waals surface area contributed by atoms with Crippen LogP contribution in [0.5, 0.6) is 5.75 Å². The highest BCUT2D eigenvalue weighted by Crippen LogP contribution is 2.30. The minimum atomic E-state index is 0.336. The van der Waals surface area contributed by atoms with Gasteiger partial charge in [0.15, 0.2) is 0 Å². The molecule has 0 amide bonds. The van der Waals surface area contributed by atoms with Gasteiger partial charge in [0.1, 0.15) is 11.9 Å². The van der Waals surface area contributed by atoms with Crippen LogP contribution in [0.1, 0.15) is 56.9 Å². The second-order valence-corrected chi connectivity index (χ2v) is 7.68. The van der Waals surface area contributed by atoms with E-state index in [1.807, 2.05) is 6.20 Å². The molecule has 2 aliphatic carbocycles. The number of rotatable bonds is 5. The molecule has 0 saturated heterocycles. The average Bonchev–Trinajstić information content (AvgIpc) is 3.27. The van der Waals surface area contributed by atoms with Crippen LogP contribution in [0, 0.1) is 12.8 Å². The molecule has 0 bridgehead atoms. The lowest BCUT2D eigenvalue weighted by atomic mass is 9.92. The van der Waals surface area contributed by atoms with E-state index in [0.717, 1.165) is 23.6 Å². The first-order valence-corrected chi connectivity index (χ1v) is 9.62. The Labute approximate surface area is 144 Å². The van der Waals surface area contributed by atoms with Gasteiger partial charge in [-0.25, -0.2) is 0 Å². The van der Waals surface area contributed by atoms with Crippen molar-refractivity contribution in [3.63, 3.8) is 0 Å². The van der Waals surface area contributed by atoms with E-state index in [2.05, 4.69) is 34.6 Å². The summed E-state index contributed by atoms with van der Waals surface area (Å²) >= 11 is 0. The molecule has 2 aromatic rings. The number of hydrogen-bond acceptors (Lipinski definition) is 3. The van der Waals surface area contributed by atoms with Crippen LogP contribution in [0.3, 0.4) is 0 Å². The molecule has 1 aromatic carbocycles. The molecule has 2 fully saturated rings. The van der Waals surface area contributed by atoms with Crippen LogP contribution in [0.2, 0.25) is 0 Å². The maximum absolute atomic E-state index is 6.38. The summed E-state index contributed by atoms with van der Waals surface area (Å²) in [4.78, 5) is 0. The number of aromatic nitrogens is 2. The fraction of sp³-hybridized carbons (Fsp3) is 0.650. The Morgan fingerprint density at radius 1 is 1.17 bits per heavy atom. The first kappa shape index (κ1) is 15.9. The molecule has 1 aromatic heterocycles. The fourth-order valence-electron chi connectivity index (χ4n) is 4.43. The minimum Gasteiger partial charge on any atom is -0.490 e. The molecule has 2 N–H and O–H groups in total. The predicted molar refractivity (Wildman–Crippen MR) is 97.5 cm³/mol. The quantitative estimate of drug-likeness (QED) is 0.859. The van der Waals surface area contributed by atoms with Crippen molar-refractivity contribution in [3.8, 4) is 5.75 Å². The van der Waals surface area contributed by atoms with E-state index in [9.17, 15) is 0 Å². The van der Waals surface area contributed by atoms with Crippen LogP contribution in [-0.4, -0.2) is 28.9 Å². The van der Waals surface area contributed by atoms with Crippen molar-refractivity contribution in [2.75, 3.05) is 6.54 Å². The Morgan fingerprint density at radius 2 is 2.04 bits per heavy atom. The van der Waals surface area contributed by atoms with Gasteiger partial charge >= 0.3 is 0 Å². The minimum absolute atomic E-state index is 0.336. The number of aryl methyl sites for hydroxylation is 1. The average molecular weight is 327 g/mol. The van der Waals surface area contributed by atoms with Crippen molar-refractivity contribution in [2.45, 2.75) is 70.4 Å². The standard InChI is InChI=1S/C20H29N3O/c1-14-18-13-22-23-19(18)9-10-20(14)24-17-8-4-7-16(11-17)21-12-15-5-2-3-6-15/h9-10,13,15-17,21H,2-8,11-12H2,1H3,(H,22,23)/t16-,17+/m0/s1. The monoisotopic (exact) mass is 327 g/mol. The Balaban J connectivity index is 1.35. The van der Waals surface area contributed by atoms with Crippen LogP contribution in [0.15, 0.2) is 18.3 Å². The summed E-state index contributed by atoms with van der Waals surface area (Å²) in [5.41, 5.74) is 2.28. The Hall–Kier alpha value is -1.55. The maximum atomic E-state index is 6.38. The van der Waals surface area contributed by atoms with Crippen LogP contribution in [0.25, 0.3) is 10.9 Å². The van der Waals surface area contributed by atoms with Crippen LogP contribution in [-0.2, 0) is 0 Å². The number of hydrogen-bond donors (Lipinski definition) is 2. The van der Waals surface area contributed by atoms with Gasteiger partial charge in [-0.1, -0.05) is 12.8 Å². The van der Waals surface area contributed by atoms with E-state index in [1.165, 1.54) is 62.4 Å². The molecule has 0 aliphatic heterocycles. The summed E-state index contributed by atoms with van der Waals surface area (Å²) in [5, 5.41) is 12.2. The van der Waals surface area contributed by atoms with Crippen molar-refractivity contribution in [1.82, 2.24) is 15.5 Å². The molecule has 0 spiro atoms. The lowest BCUT2D eigenvalue weighted by Crippen LogP contribution is -2.40. The van der Waals surface area contributed by atoms with Gasteiger partial charge in [-0.3, -0.25) is 5.10 Å². The second-order valence-electron chi connectivity index (χ2n) is 7.68. The molecule has 24 heavy (non-hydrogen) atoms. The molecule has 0 unspecified atom stereocenters. The highest BCUT2D eigenvalue weighted by Gasteiger charge is 2.25. The maximum Gasteiger partial charge on any atom is 0.123 e. The summed E-state index contributed by atoms with van der Waals surface area (Å²) in [6, 6.07) is 4.79. The third-order valence-corrected chi connectivity index (χ3v) is 5.93. The molecule has 1 heterocycles. The summed E-state index contributed by atoms with van der Waals surface area (Å²) in [7, 11) is 0. The van der Waals surface area contributed by atoms with E-state index < -0.39 is 0 Å². The molecular weight excluding hydrogens is 298 g/mol. The fourth-order valence-corrected chi connectivity index (χ4v) is 4.43. The van der Waals surface area contributed by atoms with Crippen molar-refractivity contribution < 1.29 is 4.74 Å². The number of H-pyrrole nitrogens is 1. The smallest absolute Gasteiger partial charge is 0.123 e. The predicted octanol–water partition coefficient (Wildman–Crippen LogP) is 4.34. The van der Waals surface area contributed by atoms with Gasteiger partial charge in [0.2, 0.25) is 0 Å². The largest absolute Gasteiger partial charge is 0.490 e. The van der Waals surface area contributed by atoms with E-state index in [1.54, 1.807) is 0 Å². The number of nitrogens with one attached hydrogen (secondary N) is 2. The van der Waals surface area contributed by atoms with E-state index >= 15 is 0 Å². The van der Waals surface area contributed by atoms with Gasteiger partial charge in [-0.2, -0.15) is 5.10 Å². The zero-order chi connectivity index (χ0) is 16.4. The molecule has 2 saturated carbocycles. The Morgan fingerprint density at radius 3 is 2.92 bits per heavy atom. The van der Waals surface area contributed by atoms with Crippen LogP contribution < -0.4 is 10.1 Å². The highest BCUT2D eigenvalue weighted by atomic mass is 16.5. The number of ether oxygens (including phenoxy) is 1. The number of nitrogens with zero attached hydrogens (tertiary/aromatic N) is 1. The number of benzene rings is 1. The highest BCUT2D eigenvalue weighted by molar-refractivity contribution is 5.83. The van der Waals surface area contributed by atoms with Crippen LogP contribution >= 0.6 is 0 Å². The summed E-state index contributed by atoms with van der Waals surface area (Å²) < 4.78 is 6.38. The SMILES string of the molecule is Cc1c(O[C@@H]2CCC[C@H](NCC3CCCC3)C2)ccc2[nH]ncc12. The third-order valence-electron chi connectivity index (χ3n) is 5.93. The van der Waals surface area contributed by atoms with E-state index in [0.29, 0.717) is 12.1 Å². The van der Waals surface area contributed by atoms with Gasteiger partial charge in [-0.15, -0.1) is 0 Å². The number of aromatic amines is 1. The van der Waals surface area contributed by atoms with Crippen LogP contribution in [0.4, 0.5) is 0 Å². The lowest BCUT2D eigenvalue weighted by molar-refractivity contribution is 0.132. The normalized spacial score (nSPS) is 25.4. The van der Waals surface area contributed by atoms with Crippen molar-refractivity contribution in [1.29, 1.82) is 0 Å². The van der Waals surface area contributed by atoms with Crippen molar-refractivity contribution in [2.24, 2.45) is 5.92 Å². The second kappa shape index (κ2) is 7.14. The van der Waals surface area contributed by atoms with E-state index in [4.69, 9.17) is 4.74 Å². The zero-order valence-corrected chi connectivity index (χ0v) is 14.7. The molecule has 0 radical (unpaired) electrons. The Kier molecular flexibility index (Phi) is 4.74. The molecular formula is C20H29N3O. The van der Waals surface area contributed by atoms with Gasteiger partial charge in [0.25, 0.3) is 0 Å². The molecule has 4 nitrogen and oxygen atoms in total. The van der Waals surface area contributed by atoms with E-state index in [-0.39, 0.29) is 0 Å². The Bertz CT molecular complexity index is 675. The lowest BCUT2D eigenvalue weighted by Gasteiger charge is -2.31. The summed E-state index contributed by atoms with van der Waals surface area (Å²) in [6.45, 7) is 3.34.